The number of pyridine rings is 1. The molecule has 1 N–H and O–H groups in total. The normalized spacial score (nSPS) is 17.2. The quantitative estimate of drug-likeness (QED) is 0.522. The zero-order valence-corrected chi connectivity index (χ0v) is 17.4. The van der Waals surface area contributed by atoms with E-state index in [2.05, 4.69) is 59.7 Å². The van der Waals surface area contributed by atoms with Gasteiger partial charge >= 0.3 is 0 Å². The number of hydrogen-bond donors (Lipinski definition) is 1. The fourth-order valence-electron chi connectivity index (χ4n) is 3.93. The number of aryl methyl sites for hydroxylation is 1. The summed E-state index contributed by atoms with van der Waals surface area (Å²) in [6.45, 7) is 2.93. The molecule has 4 heteroatoms. The average Bonchev–Trinajstić information content (AvgIpc) is 3.66. The van der Waals surface area contributed by atoms with Gasteiger partial charge in [-0.15, -0.1) is 0 Å². The van der Waals surface area contributed by atoms with E-state index in [1.807, 2.05) is 18.5 Å². The molecule has 1 heterocycles. The van der Waals surface area contributed by atoms with Crippen LogP contribution in [0.15, 0.2) is 60.9 Å². The maximum Gasteiger partial charge on any atom is 0.127 e. The molecule has 3 nitrogen and oxygen atoms in total. The van der Waals surface area contributed by atoms with E-state index in [0.717, 1.165) is 48.6 Å². The zero-order valence-electron chi connectivity index (χ0n) is 16.6. The van der Waals surface area contributed by atoms with Crippen molar-refractivity contribution >= 4 is 11.6 Å². The maximum absolute atomic E-state index is 6.22. The lowest BCUT2D eigenvalue weighted by Gasteiger charge is -2.23. The van der Waals surface area contributed by atoms with E-state index in [0.29, 0.717) is 6.10 Å². The van der Waals surface area contributed by atoms with Crippen LogP contribution in [0.1, 0.15) is 42.4 Å². The Morgan fingerprint density at radius 3 is 2.72 bits per heavy atom. The first-order valence-electron chi connectivity index (χ1n) is 10.4. The standard InChI is InChI=1S/C25H25ClN2O/c1-17-6-7-19(26)14-18(17)15-28-25(11-12-25)23-16-27-13-10-21(23)22-4-2-3-5-24(22)29-20-8-9-20/h2-7,10,13-14,16,20,28H,8-9,11-12,15H2,1H3. The van der Waals surface area contributed by atoms with E-state index in [-0.39, 0.29) is 5.54 Å². The van der Waals surface area contributed by atoms with Crippen molar-refractivity contribution in [3.05, 3.63) is 82.6 Å². The lowest BCUT2D eigenvalue weighted by molar-refractivity contribution is 0.304. The van der Waals surface area contributed by atoms with Crippen LogP contribution in [0.4, 0.5) is 0 Å². The maximum atomic E-state index is 6.22. The summed E-state index contributed by atoms with van der Waals surface area (Å²) in [4.78, 5) is 4.46. The smallest absolute Gasteiger partial charge is 0.127 e. The Bertz CT molecular complexity index is 1040. The molecule has 2 aliphatic carbocycles. The molecule has 0 spiro atoms. The van der Waals surface area contributed by atoms with Gasteiger partial charge in [-0.25, -0.2) is 0 Å². The summed E-state index contributed by atoms with van der Waals surface area (Å²) >= 11 is 6.22. The Morgan fingerprint density at radius 2 is 1.93 bits per heavy atom. The number of halogens is 1. The summed E-state index contributed by atoms with van der Waals surface area (Å²) in [7, 11) is 0. The molecule has 0 bridgehead atoms. The van der Waals surface area contributed by atoms with Crippen LogP contribution in [0.2, 0.25) is 5.02 Å². The molecule has 2 saturated carbocycles. The van der Waals surface area contributed by atoms with Gasteiger partial charge in [0.25, 0.3) is 0 Å². The lowest BCUT2D eigenvalue weighted by Crippen LogP contribution is -2.29. The van der Waals surface area contributed by atoms with E-state index < -0.39 is 0 Å². The fourth-order valence-corrected chi connectivity index (χ4v) is 4.12. The van der Waals surface area contributed by atoms with Crippen LogP contribution in [0.3, 0.4) is 0 Å². The Labute approximate surface area is 177 Å². The number of nitrogens with one attached hydrogen (secondary N) is 1. The number of para-hydroxylation sites is 1. The van der Waals surface area contributed by atoms with Crippen LogP contribution in [-0.2, 0) is 12.1 Å². The molecular formula is C25H25ClN2O. The van der Waals surface area contributed by atoms with Crippen LogP contribution < -0.4 is 10.1 Å². The molecule has 0 aliphatic heterocycles. The van der Waals surface area contributed by atoms with Gasteiger partial charge in [0.1, 0.15) is 5.75 Å². The van der Waals surface area contributed by atoms with Crippen molar-refractivity contribution < 1.29 is 4.74 Å². The molecule has 0 amide bonds. The first kappa shape index (κ1) is 18.7. The Hall–Kier alpha value is -2.36. The van der Waals surface area contributed by atoms with Gasteiger partial charge in [-0.2, -0.15) is 0 Å². The van der Waals surface area contributed by atoms with E-state index in [9.17, 15) is 0 Å². The molecule has 148 valence electrons. The van der Waals surface area contributed by atoms with Gasteiger partial charge in [0, 0.05) is 35.1 Å². The largest absolute Gasteiger partial charge is 0.490 e. The third kappa shape index (κ3) is 3.90. The SMILES string of the molecule is Cc1ccc(Cl)cc1CNC1(c2cnccc2-c2ccccc2OC2CC2)CC1. The molecule has 2 aromatic carbocycles. The molecule has 3 aromatic rings. The molecule has 2 aliphatic rings. The van der Waals surface area contributed by atoms with Gasteiger partial charge in [0.2, 0.25) is 0 Å². The topological polar surface area (TPSA) is 34.2 Å². The summed E-state index contributed by atoms with van der Waals surface area (Å²) in [5.74, 6) is 0.976. The summed E-state index contributed by atoms with van der Waals surface area (Å²) < 4.78 is 6.20. The van der Waals surface area contributed by atoms with Gasteiger partial charge in [0.15, 0.2) is 0 Å². The molecule has 0 saturated heterocycles. The zero-order chi connectivity index (χ0) is 19.8. The molecule has 0 unspecified atom stereocenters. The van der Waals surface area contributed by atoms with E-state index in [4.69, 9.17) is 16.3 Å². The number of ether oxygens (including phenoxy) is 1. The second kappa shape index (κ2) is 7.47. The van der Waals surface area contributed by atoms with Crippen molar-refractivity contribution in [2.45, 2.75) is 50.8 Å². The number of benzene rings is 2. The number of hydrogen-bond acceptors (Lipinski definition) is 3. The van der Waals surface area contributed by atoms with E-state index >= 15 is 0 Å². The molecule has 0 atom stereocenters. The van der Waals surface area contributed by atoms with Crippen LogP contribution in [0.25, 0.3) is 11.1 Å². The van der Waals surface area contributed by atoms with E-state index in [1.165, 1.54) is 22.3 Å². The third-order valence-corrected chi connectivity index (χ3v) is 6.25. The Morgan fingerprint density at radius 1 is 1.10 bits per heavy atom. The average molecular weight is 405 g/mol. The van der Waals surface area contributed by atoms with Crippen molar-refractivity contribution in [3.63, 3.8) is 0 Å². The van der Waals surface area contributed by atoms with Crippen molar-refractivity contribution in [1.29, 1.82) is 0 Å². The van der Waals surface area contributed by atoms with Gasteiger partial charge in [-0.3, -0.25) is 4.98 Å². The molecule has 2 fully saturated rings. The minimum absolute atomic E-state index is 0.0367. The van der Waals surface area contributed by atoms with Gasteiger partial charge in [-0.05, 0) is 79.1 Å². The number of rotatable bonds is 7. The summed E-state index contributed by atoms with van der Waals surface area (Å²) in [6, 6.07) is 16.6. The molecule has 0 radical (unpaired) electrons. The van der Waals surface area contributed by atoms with Crippen molar-refractivity contribution in [1.82, 2.24) is 10.3 Å². The molecule has 5 rings (SSSR count). The summed E-state index contributed by atoms with van der Waals surface area (Å²) in [5.41, 5.74) is 6.09. The van der Waals surface area contributed by atoms with Gasteiger partial charge in [0.05, 0.1) is 6.10 Å². The summed E-state index contributed by atoms with van der Waals surface area (Å²) in [5, 5.41) is 4.60. The van der Waals surface area contributed by atoms with Crippen molar-refractivity contribution in [2.75, 3.05) is 0 Å². The van der Waals surface area contributed by atoms with Crippen molar-refractivity contribution in [3.8, 4) is 16.9 Å². The van der Waals surface area contributed by atoms with Gasteiger partial charge < -0.3 is 10.1 Å². The number of aromatic nitrogens is 1. The first-order valence-corrected chi connectivity index (χ1v) is 10.7. The Kier molecular flexibility index (Phi) is 4.81. The highest BCUT2D eigenvalue weighted by Crippen LogP contribution is 2.50. The molecular weight excluding hydrogens is 380 g/mol. The van der Waals surface area contributed by atoms with Crippen LogP contribution >= 0.6 is 11.6 Å². The van der Waals surface area contributed by atoms with Crippen LogP contribution in [0, 0.1) is 6.92 Å². The lowest BCUT2D eigenvalue weighted by atomic mass is 9.94. The Balaban J connectivity index is 1.46. The highest BCUT2D eigenvalue weighted by atomic mass is 35.5. The first-order chi connectivity index (χ1) is 14.1. The number of nitrogens with zero attached hydrogens (tertiary/aromatic N) is 1. The summed E-state index contributed by atoms with van der Waals surface area (Å²) in [6.07, 6.45) is 8.80. The molecule has 29 heavy (non-hydrogen) atoms. The fraction of sp³-hybridized carbons (Fsp3) is 0.320. The van der Waals surface area contributed by atoms with E-state index in [1.54, 1.807) is 0 Å². The van der Waals surface area contributed by atoms with Crippen molar-refractivity contribution in [2.24, 2.45) is 0 Å². The second-order valence-electron chi connectivity index (χ2n) is 8.24. The highest BCUT2D eigenvalue weighted by molar-refractivity contribution is 6.30. The predicted octanol–water partition coefficient (Wildman–Crippen LogP) is 6.03. The highest BCUT2D eigenvalue weighted by Gasteiger charge is 2.45. The predicted molar refractivity (Wildman–Crippen MR) is 117 cm³/mol. The minimum Gasteiger partial charge on any atom is -0.490 e. The molecule has 1 aromatic heterocycles. The third-order valence-electron chi connectivity index (χ3n) is 6.01. The second-order valence-corrected chi connectivity index (χ2v) is 8.68. The van der Waals surface area contributed by atoms with Crippen LogP contribution in [0.5, 0.6) is 5.75 Å². The monoisotopic (exact) mass is 404 g/mol. The van der Waals surface area contributed by atoms with Crippen LogP contribution in [-0.4, -0.2) is 11.1 Å². The minimum atomic E-state index is -0.0367. The van der Waals surface area contributed by atoms with Gasteiger partial charge in [-0.1, -0.05) is 35.9 Å².